The van der Waals surface area contributed by atoms with Crippen molar-refractivity contribution in [1.82, 2.24) is 0 Å². The van der Waals surface area contributed by atoms with Gasteiger partial charge in [0.1, 0.15) is 13.2 Å². The SMILES string of the molecule is CCCCCC/C=C\C/C=C\CCCCCCCCCC(=O)OC(COC(=O)CCCCCCC)COC(=O)CCCCCCCCCCCCCCCCCCCCCCCCCCCCCCCC. The van der Waals surface area contributed by atoms with E-state index < -0.39 is 6.10 Å². The molecule has 0 bridgehead atoms. The standard InChI is InChI=1S/C65H122O6/c1-4-7-10-13-15-17-19-21-23-25-27-28-29-30-31-32-33-34-35-36-37-38-40-41-43-45-47-49-52-55-58-64(67)70-61-62(60-69-63(66)57-54-51-12-9-6-3)71-65(68)59-56-53-50-48-46-44-42-39-26-24-22-20-18-16-14-11-8-5-2/h18,20,24,26,62H,4-17,19,21-23,25,27-61H2,1-3H3/b20-18-,26-24-. The van der Waals surface area contributed by atoms with Crippen molar-refractivity contribution in [2.45, 2.75) is 361 Å². The highest BCUT2D eigenvalue weighted by atomic mass is 16.6. The molecule has 0 spiro atoms. The van der Waals surface area contributed by atoms with Crippen molar-refractivity contribution in [3.63, 3.8) is 0 Å². The number of hydrogen-bond donors (Lipinski definition) is 0. The Morgan fingerprint density at radius 2 is 0.507 bits per heavy atom. The van der Waals surface area contributed by atoms with Gasteiger partial charge in [-0.25, -0.2) is 0 Å². The molecule has 0 aliphatic heterocycles. The van der Waals surface area contributed by atoms with Gasteiger partial charge in [0.05, 0.1) is 0 Å². The van der Waals surface area contributed by atoms with Crippen molar-refractivity contribution < 1.29 is 28.6 Å². The summed E-state index contributed by atoms with van der Waals surface area (Å²) in [5.74, 6) is -0.872. The van der Waals surface area contributed by atoms with Crippen LogP contribution >= 0.6 is 0 Å². The van der Waals surface area contributed by atoms with Crippen molar-refractivity contribution in [2.75, 3.05) is 13.2 Å². The van der Waals surface area contributed by atoms with Crippen molar-refractivity contribution in [3.8, 4) is 0 Å². The van der Waals surface area contributed by atoms with Gasteiger partial charge in [0.2, 0.25) is 0 Å². The number of carbonyl (C=O) groups is 3. The Morgan fingerprint density at radius 3 is 0.789 bits per heavy atom. The molecule has 0 amide bonds. The van der Waals surface area contributed by atoms with Crippen LogP contribution in [0.4, 0.5) is 0 Å². The van der Waals surface area contributed by atoms with Gasteiger partial charge < -0.3 is 14.2 Å². The van der Waals surface area contributed by atoms with Gasteiger partial charge >= 0.3 is 17.9 Å². The minimum absolute atomic E-state index is 0.0705. The third-order valence-electron chi connectivity index (χ3n) is 14.5. The number of allylic oxidation sites excluding steroid dienone is 4. The van der Waals surface area contributed by atoms with Crippen LogP contribution in [-0.2, 0) is 28.6 Å². The first-order valence-corrected chi connectivity index (χ1v) is 31.8. The highest BCUT2D eigenvalue weighted by Gasteiger charge is 2.19. The van der Waals surface area contributed by atoms with Gasteiger partial charge in [-0.1, -0.05) is 308 Å². The Morgan fingerprint density at radius 1 is 0.282 bits per heavy atom. The number of rotatable bonds is 59. The summed E-state index contributed by atoms with van der Waals surface area (Å²) in [7, 11) is 0. The Hall–Kier alpha value is -2.11. The van der Waals surface area contributed by atoms with E-state index in [0.29, 0.717) is 19.3 Å². The Labute approximate surface area is 443 Å². The molecule has 0 saturated carbocycles. The van der Waals surface area contributed by atoms with Crippen LogP contribution in [0, 0.1) is 0 Å². The molecule has 0 saturated heterocycles. The molecule has 0 fully saturated rings. The minimum atomic E-state index is -0.769. The van der Waals surface area contributed by atoms with Crippen molar-refractivity contribution in [1.29, 1.82) is 0 Å². The Kier molecular flexibility index (Phi) is 58.6. The fourth-order valence-corrected chi connectivity index (χ4v) is 9.65. The molecular formula is C65H122O6. The first-order chi connectivity index (χ1) is 35.0. The van der Waals surface area contributed by atoms with E-state index in [-0.39, 0.29) is 31.1 Å². The van der Waals surface area contributed by atoms with E-state index in [4.69, 9.17) is 14.2 Å². The number of hydrogen-bond acceptors (Lipinski definition) is 6. The zero-order chi connectivity index (χ0) is 51.4. The van der Waals surface area contributed by atoms with Crippen LogP contribution in [-0.4, -0.2) is 37.2 Å². The van der Waals surface area contributed by atoms with E-state index >= 15 is 0 Å². The van der Waals surface area contributed by atoms with Crippen LogP contribution in [0.2, 0.25) is 0 Å². The average Bonchev–Trinajstić information content (AvgIpc) is 3.37. The number of esters is 3. The number of carbonyl (C=O) groups excluding carboxylic acids is 3. The molecule has 6 nitrogen and oxygen atoms in total. The first kappa shape index (κ1) is 68.9. The van der Waals surface area contributed by atoms with Crippen molar-refractivity contribution >= 4 is 17.9 Å². The fraction of sp³-hybridized carbons (Fsp3) is 0.892. The van der Waals surface area contributed by atoms with Crippen molar-refractivity contribution in [3.05, 3.63) is 24.3 Å². The molecule has 0 radical (unpaired) electrons. The maximum Gasteiger partial charge on any atom is 0.306 e. The lowest BCUT2D eigenvalue weighted by molar-refractivity contribution is -0.167. The van der Waals surface area contributed by atoms with Crippen LogP contribution in [0.25, 0.3) is 0 Å². The molecule has 0 N–H and O–H groups in total. The first-order valence-electron chi connectivity index (χ1n) is 31.8. The Balaban J connectivity index is 3.93. The molecule has 418 valence electrons. The summed E-state index contributed by atoms with van der Waals surface area (Å²) >= 11 is 0. The normalized spacial score (nSPS) is 12.1. The second-order valence-electron chi connectivity index (χ2n) is 21.7. The Bertz CT molecular complexity index is 1150. The molecule has 0 aromatic heterocycles. The summed E-state index contributed by atoms with van der Waals surface area (Å²) < 4.78 is 16.8. The summed E-state index contributed by atoms with van der Waals surface area (Å²) in [6, 6.07) is 0. The van der Waals surface area contributed by atoms with Gasteiger partial charge in [0, 0.05) is 19.3 Å². The summed E-state index contributed by atoms with van der Waals surface area (Å²) in [5, 5.41) is 0. The third-order valence-corrected chi connectivity index (χ3v) is 14.5. The lowest BCUT2D eigenvalue weighted by Crippen LogP contribution is -2.30. The topological polar surface area (TPSA) is 78.9 Å². The number of ether oxygens (including phenoxy) is 3. The lowest BCUT2D eigenvalue weighted by atomic mass is 10.0. The maximum absolute atomic E-state index is 12.8. The quantitative estimate of drug-likeness (QED) is 0.0261. The molecule has 71 heavy (non-hydrogen) atoms. The minimum Gasteiger partial charge on any atom is -0.462 e. The van der Waals surface area contributed by atoms with E-state index in [2.05, 4.69) is 45.1 Å². The predicted molar refractivity (Wildman–Crippen MR) is 307 cm³/mol. The van der Waals surface area contributed by atoms with Gasteiger partial charge in [-0.05, 0) is 51.4 Å². The summed E-state index contributed by atoms with van der Waals surface area (Å²) in [4.78, 5) is 37.9. The van der Waals surface area contributed by atoms with Crippen LogP contribution in [0.15, 0.2) is 24.3 Å². The van der Waals surface area contributed by atoms with E-state index in [0.717, 1.165) is 77.0 Å². The van der Waals surface area contributed by atoms with Gasteiger partial charge in [-0.15, -0.1) is 0 Å². The number of unbranched alkanes of at least 4 members (excludes halogenated alkanes) is 44. The van der Waals surface area contributed by atoms with E-state index in [1.165, 1.54) is 238 Å². The molecule has 0 heterocycles. The third kappa shape index (κ3) is 58.7. The van der Waals surface area contributed by atoms with E-state index in [1.54, 1.807) is 0 Å². The van der Waals surface area contributed by atoms with E-state index in [9.17, 15) is 14.4 Å². The summed E-state index contributed by atoms with van der Waals surface area (Å²) in [6.07, 6.45) is 72.5. The molecule has 1 unspecified atom stereocenters. The average molecular weight is 1000 g/mol. The van der Waals surface area contributed by atoms with Crippen LogP contribution in [0.1, 0.15) is 355 Å². The van der Waals surface area contributed by atoms with Gasteiger partial charge in [-0.3, -0.25) is 14.4 Å². The molecular weight excluding hydrogens is 877 g/mol. The second kappa shape index (κ2) is 60.4. The molecule has 0 rings (SSSR count). The highest BCUT2D eigenvalue weighted by Crippen LogP contribution is 2.18. The van der Waals surface area contributed by atoms with Gasteiger partial charge in [-0.2, -0.15) is 0 Å². The molecule has 0 aliphatic carbocycles. The van der Waals surface area contributed by atoms with Crippen LogP contribution in [0.5, 0.6) is 0 Å². The van der Waals surface area contributed by atoms with Crippen LogP contribution < -0.4 is 0 Å². The van der Waals surface area contributed by atoms with Gasteiger partial charge in [0.15, 0.2) is 6.10 Å². The van der Waals surface area contributed by atoms with E-state index in [1.807, 2.05) is 0 Å². The maximum atomic E-state index is 12.8. The lowest BCUT2D eigenvalue weighted by Gasteiger charge is -2.18. The zero-order valence-corrected chi connectivity index (χ0v) is 48.0. The molecule has 1 atom stereocenters. The van der Waals surface area contributed by atoms with Crippen molar-refractivity contribution in [2.24, 2.45) is 0 Å². The van der Waals surface area contributed by atoms with Crippen LogP contribution in [0.3, 0.4) is 0 Å². The molecule has 0 aliphatic rings. The monoisotopic (exact) mass is 999 g/mol. The molecule has 0 aromatic carbocycles. The second-order valence-corrected chi connectivity index (χ2v) is 21.7. The molecule has 0 aromatic rings. The fourth-order valence-electron chi connectivity index (χ4n) is 9.65. The zero-order valence-electron chi connectivity index (χ0n) is 48.0. The predicted octanol–water partition coefficient (Wildman–Crippen LogP) is 21.4. The highest BCUT2D eigenvalue weighted by molar-refractivity contribution is 5.71. The smallest absolute Gasteiger partial charge is 0.306 e. The largest absolute Gasteiger partial charge is 0.462 e. The van der Waals surface area contributed by atoms with Gasteiger partial charge in [0.25, 0.3) is 0 Å². The summed E-state index contributed by atoms with van der Waals surface area (Å²) in [5.41, 5.74) is 0. The molecule has 6 heteroatoms. The summed E-state index contributed by atoms with van der Waals surface area (Å²) in [6.45, 7) is 6.59.